The zero-order valence-electron chi connectivity index (χ0n) is 10.3. The summed E-state index contributed by atoms with van der Waals surface area (Å²) in [6.45, 7) is 4.16. The number of hydrogen-bond acceptors (Lipinski definition) is 5. The molecule has 0 aliphatic rings. The molecule has 1 aromatic rings. The molecule has 1 rings (SSSR count). The zero-order chi connectivity index (χ0) is 14.3. The number of thioether (sulfide) groups is 1. The van der Waals surface area contributed by atoms with Gasteiger partial charge in [0, 0.05) is 29.7 Å². The van der Waals surface area contributed by atoms with Crippen LogP contribution < -0.4 is 11.1 Å². The van der Waals surface area contributed by atoms with E-state index in [4.69, 9.17) is 5.73 Å². The van der Waals surface area contributed by atoms with Crippen molar-refractivity contribution < 1.29 is 9.72 Å². The predicted octanol–water partition coefficient (Wildman–Crippen LogP) is 2.02. The van der Waals surface area contributed by atoms with E-state index in [1.165, 1.54) is 18.2 Å². The molecule has 102 valence electrons. The maximum Gasteiger partial charge on any atom is 0.292 e. The minimum Gasteiger partial charge on any atom is -0.379 e. The van der Waals surface area contributed by atoms with Crippen molar-refractivity contribution in [2.24, 2.45) is 5.73 Å². The highest BCUT2D eigenvalue weighted by molar-refractivity contribution is 7.99. The number of hydrogen-bond donors (Lipinski definition) is 2. The topological polar surface area (TPSA) is 98.3 Å². The molecule has 0 atom stereocenters. The molecule has 0 spiro atoms. The normalized spacial score (nSPS) is 9.89. The SMILES string of the molecule is C=CCSCCNc1cc(C(N)=O)ccc1[N+](=O)[O-]. The monoisotopic (exact) mass is 281 g/mol. The minimum atomic E-state index is -0.612. The van der Waals surface area contributed by atoms with Crippen LogP contribution in [0.2, 0.25) is 0 Å². The molecule has 19 heavy (non-hydrogen) atoms. The Labute approximate surface area is 115 Å². The second-order valence-electron chi connectivity index (χ2n) is 3.64. The maximum atomic E-state index is 11.1. The quantitative estimate of drug-likeness (QED) is 0.329. The Morgan fingerprint density at radius 2 is 2.32 bits per heavy atom. The molecule has 0 heterocycles. The molecule has 3 N–H and O–H groups in total. The molecule has 7 heteroatoms. The Hall–Kier alpha value is -2.02. The van der Waals surface area contributed by atoms with Crippen molar-refractivity contribution in [3.8, 4) is 0 Å². The van der Waals surface area contributed by atoms with E-state index in [9.17, 15) is 14.9 Å². The lowest BCUT2D eigenvalue weighted by atomic mass is 10.1. The highest BCUT2D eigenvalue weighted by Gasteiger charge is 2.15. The van der Waals surface area contributed by atoms with Crippen LogP contribution in [0.3, 0.4) is 0 Å². The standard InChI is InChI=1S/C12H15N3O3S/c1-2-6-19-7-5-14-10-8-9(12(13)16)3-4-11(10)15(17)18/h2-4,8,14H,1,5-7H2,(H2,13,16). The Balaban J connectivity index is 2.77. The summed E-state index contributed by atoms with van der Waals surface area (Å²) in [6.07, 6.45) is 1.79. The fourth-order valence-electron chi connectivity index (χ4n) is 1.41. The van der Waals surface area contributed by atoms with Crippen molar-refractivity contribution in [1.82, 2.24) is 0 Å². The molecule has 0 saturated heterocycles. The smallest absolute Gasteiger partial charge is 0.292 e. The van der Waals surface area contributed by atoms with Gasteiger partial charge in [-0.25, -0.2) is 0 Å². The summed E-state index contributed by atoms with van der Waals surface area (Å²) in [5, 5.41) is 13.8. The first-order valence-electron chi connectivity index (χ1n) is 5.57. The van der Waals surface area contributed by atoms with Crippen molar-refractivity contribution in [3.63, 3.8) is 0 Å². The van der Waals surface area contributed by atoms with E-state index in [-0.39, 0.29) is 11.3 Å². The molecular formula is C12H15N3O3S. The van der Waals surface area contributed by atoms with E-state index in [1.807, 2.05) is 0 Å². The second kappa shape index (κ2) is 7.42. The summed E-state index contributed by atoms with van der Waals surface area (Å²) in [5.74, 6) is 0.994. The number of benzene rings is 1. The highest BCUT2D eigenvalue weighted by atomic mass is 32.2. The molecule has 0 aliphatic carbocycles. The third-order valence-corrected chi connectivity index (χ3v) is 3.24. The highest BCUT2D eigenvalue weighted by Crippen LogP contribution is 2.25. The average molecular weight is 281 g/mol. The second-order valence-corrected chi connectivity index (χ2v) is 4.79. The molecular weight excluding hydrogens is 266 g/mol. The number of carbonyl (C=O) groups excluding carboxylic acids is 1. The van der Waals surface area contributed by atoms with E-state index in [2.05, 4.69) is 11.9 Å². The van der Waals surface area contributed by atoms with Crippen LogP contribution in [-0.4, -0.2) is 28.9 Å². The van der Waals surface area contributed by atoms with Gasteiger partial charge in [-0.05, 0) is 12.1 Å². The molecule has 1 amide bonds. The summed E-state index contributed by atoms with van der Waals surface area (Å²) in [6, 6.07) is 4.02. The summed E-state index contributed by atoms with van der Waals surface area (Å²) >= 11 is 1.66. The molecule has 0 aliphatic heterocycles. The van der Waals surface area contributed by atoms with Gasteiger partial charge in [0.1, 0.15) is 5.69 Å². The van der Waals surface area contributed by atoms with Crippen molar-refractivity contribution in [3.05, 3.63) is 46.5 Å². The molecule has 1 aromatic carbocycles. The van der Waals surface area contributed by atoms with Gasteiger partial charge < -0.3 is 11.1 Å². The van der Waals surface area contributed by atoms with Crippen molar-refractivity contribution in [2.45, 2.75) is 0 Å². The van der Waals surface area contributed by atoms with Crippen LogP contribution in [0.15, 0.2) is 30.9 Å². The van der Waals surface area contributed by atoms with E-state index >= 15 is 0 Å². The lowest BCUT2D eigenvalue weighted by molar-refractivity contribution is -0.384. The van der Waals surface area contributed by atoms with Crippen molar-refractivity contribution >= 4 is 29.0 Å². The van der Waals surface area contributed by atoms with Gasteiger partial charge in [-0.3, -0.25) is 14.9 Å². The maximum absolute atomic E-state index is 11.1. The van der Waals surface area contributed by atoms with Crippen LogP contribution >= 0.6 is 11.8 Å². The van der Waals surface area contributed by atoms with Gasteiger partial charge in [0.05, 0.1) is 4.92 Å². The third-order valence-electron chi connectivity index (χ3n) is 2.28. The third kappa shape index (κ3) is 4.63. The van der Waals surface area contributed by atoms with Crippen LogP contribution in [0.4, 0.5) is 11.4 Å². The van der Waals surface area contributed by atoms with Gasteiger partial charge in [0.2, 0.25) is 5.91 Å². The van der Waals surface area contributed by atoms with E-state index in [1.54, 1.807) is 17.8 Å². The summed E-state index contributed by atoms with van der Waals surface area (Å²) < 4.78 is 0. The number of carbonyl (C=O) groups is 1. The van der Waals surface area contributed by atoms with E-state index in [0.29, 0.717) is 12.2 Å². The van der Waals surface area contributed by atoms with Gasteiger partial charge >= 0.3 is 0 Å². The Morgan fingerprint density at radius 3 is 2.89 bits per heavy atom. The average Bonchev–Trinajstić information content (AvgIpc) is 2.38. The Morgan fingerprint density at radius 1 is 1.58 bits per heavy atom. The fraction of sp³-hybridized carbons (Fsp3) is 0.250. The van der Waals surface area contributed by atoms with Crippen LogP contribution in [0.25, 0.3) is 0 Å². The van der Waals surface area contributed by atoms with E-state index in [0.717, 1.165) is 11.5 Å². The molecule has 0 aromatic heterocycles. The fourth-order valence-corrected chi connectivity index (χ4v) is 1.99. The number of nitrogens with one attached hydrogen (secondary N) is 1. The molecule has 0 unspecified atom stereocenters. The first kappa shape index (κ1) is 15.0. The van der Waals surface area contributed by atoms with Gasteiger partial charge in [0.25, 0.3) is 5.69 Å². The van der Waals surface area contributed by atoms with Crippen LogP contribution in [0.1, 0.15) is 10.4 Å². The van der Waals surface area contributed by atoms with Crippen LogP contribution in [0, 0.1) is 10.1 Å². The number of anilines is 1. The molecule has 0 saturated carbocycles. The Bertz CT molecular complexity index is 491. The number of nitro groups is 1. The minimum absolute atomic E-state index is 0.0706. The lowest BCUT2D eigenvalue weighted by Crippen LogP contribution is -2.13. The van der Waals surface area contributed by atoms with Gasteiger partial charge in [0.15, 0.2) is 0 Å². The first-order chi connectivity index (χ1) is 9.06. The summed E-state index contributed by atoms with van der Waals surface area (Å²) in [4.78, 5) is 21.4. The number of primary amides is 1. The number of nitrogens with two attached hydrogens (primary N) is 1. The van der Waals surface area contributed by atoms with Crippen LogP contribution in [0.5, 0.6) is 0 Å². The first-order valence-corrected chi connectivity index (χ1v) is 6.72. The number of amides is 1. The van der Waals surface area contributed by atoms with Crippen molar-refractivity contribution in [2.75, 3.05) is 23.4 Å². The lowest BCUT2D eigenvalue weighted by Gasteiger charge is -2.07. The number of nitrogens with zero attached hydrogens (tertiary/aromatic N) is 1. The van der Waals surface area contributed by atoms with E-state index < -0.39 is 10.8 Å². The zero-order valence-corrected chi connectivity index (χ0v) is 11.1. The van der Waals surface area contributed by atoms with Gasteiger partial charge in [-0.2, -0.15) is 11.8 Å². The molecule has 0 bridgehead atoms. The summed E-state index contributed by atoms with van der Waals surface area (Å²) in [5.41, 5.74) is 5.63. The van der Waals surface area contributed by atoms with Gasteiger partial charge in [-0.15, -0.1) is 6.58 Å². The summed E-state index contributed by atoms with van der Waals surface area (Å²) in [7, 11) is 0. The van der Waals surface area contributed by atoms with Gasteiger partial charge in [-0.1, -0.05) is 6.08 Å². The Kier molecular flexibility index (Phi) is 5.87. The molecule has 0 fully saturated rings. The number of nitro benzene ring substituents is 1. The van der Waals surface area contributed by atoms with Crippen molar-refractivity contribution in [1.29, 1.82) is 0 Å². The molecule has 0 radical (unpaired) electrons. The molecule has 6 nitrogen and oxygen atoms in total. The predicted molar refractivity (Wildman–Crippen MR) is 77.6 cm³/mol. The number of rotatable bonds is 8. The van der Waals surface area contributed by atoms with Crippen LogP contribution in [-0.2, 0) is 0 Å². The largest absolute Gasteiger partial charge is 0.379 e.